The first kappa shape index (κ1) is 18.3. The van der Waals surface area contributed by atoms with Gasteiger partial charge in [0.2, 0.25) is 0 Å². The number of carbonyl (C=O) groups excluding carboxylic acids is 2. The highest BCUT2D eigenvalue weighted by Gasteiger charge is 2.19. The predicted molar refractivity (Wildman–Crippen MR) is 92.3 cm³/mol. The molecule has 0 aliphatic carbocycles. The summed E-state index contributed by atoms with van der Waals surface area (Å²) in [6.45, 7) is 1.08. The van der Waals surface area contributed by atoms with Gasteiger partial charge in [0.1, 0.15) is 11.8 Å². The summed E-state index contributed by atoms with van der Waals surface area (Å²) in [5.74, 6) is -0.820. The highest BCUT2D eigenvalue weighted by Crippen LogP contribution is 2.17. The normalized spacial score (nSPS) is 11.1. The lowest BCUT2D eigenvalue weighted by Crippen LogP contribution is -2.31. The summed E-state index contributed by atoms with van der Waals surface area (Å²) in [7, 11) is 0. The van der Waals surface area contributed by atoms with Crippen molar-refractivity contribution < 1.29 is 19.1 Å². The number of nitriles is 1. The number of hydrogen-bond donors (Lipinski definition) is 1. The molecule has 25 heavy (non-hydrogen) atoms. The number of ether oxygens (including phenoxy) is 2. The number of nitrogens with zero attached hydrogens (tertiary/aromatic N) is 1. The number of rotatable bonds is 6. The Morgan fingerprint density at radius 1 is 1.24 bits per heavy atom. The van der Waals surface area contributed by atoms with Crippen LogP contribution in [0.25, 0.3) is 0 Å². The number of amides is 1. The molecule has 6 nitrogen and oxygen atoms in total. The third kappa shape index (κ3) is 5.52. The van der Waals surface area contributed by atoms with E-state index in [1.165, 1.54) is 6.92 Å². The third-order valence-electron chi connectivity index (χ3n) is 3.14. The van der Waals surface area contributed by atoms with Crippen molar-refractivity contribution >= 4 is 29.2 Å². The largest absolute Gasteiger partial charge is 0.482 e. The van der Waals surface area contributed by atoms with Crippen LogP contribution in [0.4, 0.5) is 5.69 Å². The number of halogens is 1. The van der Waals surface area contributed by atoms with Crippen LogP contribution < -0.4 is 10.1 Å². The zero-order valence-corrected chi connectivity index (χ0v) is 14.1. The first-order chi connectivity index (χ1) is 12.0. The van der Waals surface area contributed by atoms with Crippen LogP contribution in [0.1, 0.15) is 12.5 Å². The lowest BCUT2D eigenvalue weighted by Gasteiger charge is -2.14. The second-order valence-electron chi connectivity index (χ2n) is 5.02. The van der Waals surface area contributed by atoms with Crippen molar-refractivity contribution in [2.75, 3.05) is 11.9 Å². The molecule has 1 N–H and O–H groups in total. The minimum Gasteiger partial charge on any atom is -0.482 e. The van der Waals surface area contributed by atoms with Gasteiger partial charge in [0.05, 0.1) is 11.3 Å². The van der Waals surface area contributed by atoms with Crippen molar-refractivity contribution in [2.45, 2.75) is 13.0 Å². The van der Waals surface area contributed by atoms with Gasteiger partial charge in [-0.15, -0.1) is 0 Å². The number of esters is 1. The number of hydrogen-bond acceptors (Lipinski definition) is 5. The van der Waals surface area contributed by atoms with Gasteiger partial charge in [0, 0.05) is 5.02 Å². The molecule has 1 atom stereocenters. The molecule has 0 heterocycles. The number of anilines is 1. The Bertz CT molecular complexity index is 817. The molecule has 0 aliphatic rings. The summed E-state index contributed by atoms with van der Waals surface area (Å²) >= 11 is 5.82. The summed E-state index contributed by atoms with van der Waals surface area (Å²) in [6.07, 6.45) is -1.04. The van der Waals surface area contributed by atoms with Crippen molar-refractivity contribution in [1.29, 1.82) is 5.26 Å². The van der Waals surface area contributed by atoms with Gasteiger partial charge in [-0.25, -0.2) is 4.79 Å². The standard InChI is InChI=1S/C18H15ClN2O4/c1-12(18(23)21-16-8-3-2-5-13(16)10-20)25-17(22)11-24-15-7-4-6-14(19)9-15/h2-9,12H,11H2,1H3,(H,21,23)/t12-/m1/s1. The summed E-state index contributed by atoms with van der Waals surface area (Å²) < 4.78 is 10.3. The van der Waals surface area contributed by atoms with E-state index in [1.807, 2.05) is 6.07 Å². The molecule has 0 fully saturated rings. The lowest BCUT2D eigenvalue weighted by atomic mass is 10.2. The van der Waals surface area contributed by atoms with Crippen molar-refractivity contribution in [1.82, 2.24) is 0 Å². The first-order valence-corrected chi connectivity index (χ1v) is 7.75. The summed E-state index contributed by atoms with van der Waals surface area (Å²) in [4.78, 5) is 23.9. The third-order valence-corrected chi connectivity index (χ3v) is 3.37. The molecule has 0 unspecified atom stereocenters. The molecule has 0 aliphatic heterocycles. The summed E-state index contributed by atoms with van der Waals surface area (Å²) in [6, 6.07) is 15.1. The van der Waals surface area contributed by atoms with Crippen LogP contribution in [0.5, 0.6) is 5.75 Å². The van der Waals surface area contributed by atoms with Gasteiger partial charge in [-0.3, -0.25) is 4.79 Å². The van der Waals surface area contributed by atoms with Crippen LogP contribution >= 0.6 is 11.6 Å². The van der Waals surface area contributed by atoms with Crippen molar-refractivity contribution in [3.63, 3.8) is 0 Å². The topological polar surface area (TPSA) is 88.4 Å². The first-order valence-electron chi connectivity index (χ1n) is 7.37. The molecule has 0 bridgehead atoms. The second kappa shape index (κ2) is 8.71. The van der Waals surface area contributed by atoms with Crippen LogP contribution in [0.15, 0.2) is 48.5 Å². The highest BCUT2D eigenvalue weighted by atomic mass is 35.5. The Balaban J connectivity index is 1.86. The minimum atomic E-state index is -1.04. The zero-order valence-electron chi connectivity index (χ0n) is 13.4. The van der Waals surface area contributed by atoms with Gasteiger partial charge in [-0.2, -0.15) is 5.26 Å². The van der Waals surface area contributed by atoms with Gasteiger partial charge in [0.25, 0.3) is 5.91 Å². The van der Waals surface area contributed by atoms with Crippen molar-refractivity contribution in [2.24, 2.45) is 0 Å². The number of nitrogens with one attached hydrogen (secondary N) is 1. The average Bonchev–Trinajstić information content (AvgIpc) is 2.60. The van der Waals surface area contributed by atoms with Crippen LogP contribution in [-0.4, -0.2) is 24.6 Å². The Labute approximate surface area is 149 Å². The maximum Gasteiger partial charge on any atom is 0.344 e. The Kier molecular flexibility index (Phi) is 6.38. The highest BCUT2D eigenvalue weighted by molar-refractivity contribution is 6.30. The minimum absolute atomic E-state index is 0.318. The quantitative estimate of drug-likeness (QED) is 0.801. The van der Waals surface area contributed by atoms with E-state index < -0.39 is 18.0 Å². The molecule has 0 aromatic heterocycles. The molecule has 0 saturated carbocycles. The fraction of sp³-hybridized carbons (Fsp3) is 0.167. The van der Waals surface area contributed by atoms with Gasteiger partial charge in [-0.05, 0) is 37.3 Å². The molecule has 2 aromatic carbocycles. The second-order valence-corrected chi connectivity index (χ2v) is 5.46. The maximum atomic E-state index is 12.1. The zero-order chi connectivity index (χ0) is 18.2. The summed E-state index contributed by atoms with van der Waals surface area (Å²) in [5.41, 5.74) is 0.673. The SMILES string of the molecule is C[C@@H](OC(=O)COc1cccc(Cl)c1)C(=O)Nc1ccccc1C#N. The molecule has 0 saturated heterocycles. The molecule has 0 spiro atoms. The van der Waals surface area contributed by atoms with E-state index in [2.05, 4.69) is 5.32 Å². The van der Waals surface area contributed by atoms with E-state index in [1.54, 1.807) is 48.5 Å². The number of para-hydroxylation sites is 1. The Morgan fingerprint density at radius 2 is 2.00 bits per heavy atom. The molecule has 2 aromatic rings. The summed E-state index contributed by atoms with van der Waals surface area (Å²) in [5, 5.41) is 12.0. The molecule has 128 valence electrons. The Hall–Kier alpha value is -3.04. The van der Waals surface area contributed by atoms with Gasteiger partial charge in [-0.1, -0.05) is 29.8 Å². The molecule has 2 rings (SSSR count). The van der Waals surface area contributed by atoms with E-state index in [0.29, 0.717) is 22.0 Å². The molecule has 7 heteroatoms. The monoisotopic (exact) mass is 358 g/mol. The average molecular weight is 359 g/mol. The van der Waals surface area contributed by atoms with Crippen molar-refractivity contribution in [3.8, 4) is 11.8 Å². The molecule has 0 radical (unpaired) electrons. The van der Waals surface area contributed by atoms with E-state index >= 15 is 0 Å². The van der Waals surface area contributed by atoms with Crippen molar-refractivity contribution in [3.05, 3.63) is 59.1 Å². The lowest BCUT2D eigenvalue weighted by molar-refractivity contribution is -0.155. The van der Waals surface area contributed by atoms with E-state index in [-0.39, 0.29) is 6.61 Å². The smallest absolute Gasteiger partial charge is 0.344 e. The number of carbonyl (C=O) groups is 2. The molecule has 1 amide bonds. The number of benzene rings is 2. The van der Waals surface area contributed by atoms with E-state index in [9.17, 15) is 9.59 Å². The fourth-order valence-corrected chi connectivity index (χ4v) is 2.09. The van der Waals surface area contributed by atoms with Gasteiger partial charge >= 0.3 is 5.97 Å². The fourth-order valence-electron chi connectivity index (χ4n) is 1.91. The van der Waals surface area contributed by atoms with Crippen LogP contribution in [0, 0.1) is 11.3 Å². The molecular formula is C18H15ClN2O4. The van der Waals surface area contributed by atoms with Crippen LogP contribution in [0.3, 0.4) is 0 Å². The van der Waals surface area contributed by atoms with Gasteiger partial charge in [0.15, 0.2) is 12.7 Å². The van der Waals surface area contributed by atoms with Crippen LogP contribution in [0.2, 0.25) is 5.02 Å². The molecular weight excluding hydrogens is 344 g/mol. The van der Waals surface area contributed by atoms with Gasteiger partial charge < -0.3 is 14.8 Å². The predicted octanol–water partition coefficient (Wildman–Crippen LogP) is 3.16. The van der Waals surface area contributed by atoms with E-state index in [4.69, 9.17) is 26.3 Å². The Morgan fingerprint density at radius 3 is 2.72 bits per heavy atom. The van der Waals surface area contributed by atoms with Crippen LogP contribution in [-0.2, 0) is 14.3 Å². The maximum absolute atomic E-state index is 12.1. The van der Waals surface area contributed by atoms with E-state index in [0.717, 1.165) is 0 Å².